The van der Waals surface area contributed by atoms with Crippen LogP contribution in [0.5, 0.6) is 0 Å². The van der Waals surface area contributed by atoms with Crippen LogP contribution in [0.3, 0.4) is 0 Å². The number of rotatable bonds is 5. The molecule has 0 unspecified atom stereocenters. The molecule has 0 N–H and O–H groups in total. The Bertz CT molecular complexity index is 1030. The van der Waals surface area contributed by atoms with Gasteiger partial charge in [0.05, 0.1) is 16.5 Å². The van der Waals surface area contributed by atoms with Crippen LogP contribution >= 0.6 is 0 Å². The second-order valence-corrected chi connectivity index (χ2v) is 10.9. The molecule has 3 rings (SSSR count). The monoisotopic (exact) mass is 429 g/mol. The van der Waals surface area contributed by atoms with Gasteiger partial charge in [0.2, 0.25) is 0 Å². The highest BCUT2D eigenvalue weighted by Crippen LogP contribution is 2.31. The molecule has 2 nitrogen and oxygen atoms in total. The topological polar surface area (TPSA) is 26.3 Å². The molecule has 3 aromatic rings. The van der Waals surface area contributed by atoms with Crippen molar-refractivity contribution >= 4 is 16.9 Å². The molecule has 0 atom stereocenters. The minimum atomic E-state index is -0.846. The maximum atomic E-state index is 12.7. The lowest BCUT2D eigenvalue weighted by atomic mass is 9.96. The molecule has 3 aromatic carbocycles. The smallest absolute Gasteiger partial charge is 0.339 e. The summed E-state index contributed by atoms with van der Waals surface area (Å²) in [7, 11) is -0.243. The minimum absolute atomic E-state index is 0.143. The number of esters is 1. The summed E-state index contributed by atoms with van der Waals surface area (Å²) in [6.07, 6.45) is 0. The van der Waals surface area contributed by atoms with Crippen molar-refractivity contribution < 1.29 is 9.53 Å². The Balaban J connectivity index is 1.85. The van der Waals surface area contributed by atoms with E-state index in [4.69, 9.17) is 4.74 Å². The first-order valence-corrected chi connectivity index (χ1v) is 11.6. The third kappa shape index (κ3) is 6.51. The third-order valence-corrected chi connectivity index (χ3v) is 6.60. The van der Waals surface area contributed by atoms with Crippen LogP contribution in [0, 0.1) is 17.3 Å². The molecular weight excluding hydrogens is 400 g/mol. The van der Waals surface area contributed by atoms with Gasteiger partial charge in [-0.05, 0) is 83.1 Å². The Morgan fingerprint density at radius 1 is 0.677 bits per heavy atom. The fraction of sp³-hybridized carbons (Fsp3) is 0.250. The van der Waals surface area contributed by atoms with Crippen LogP contribution in [0.2, 0.25) is 0 Å². The molecular formula is C28H29O2S+. The summed E-state index contributed by atoms with van der Waals surface area (Å²) in [4.78, 5) is 16.3. The van der Waals surface area contributed by atoms with Gasteiger partial charge >= 0.3 is 5.97 Å². The lowest BCUT2D eigenvalue weighted by molar-refractivity contribution is 0.0203. The molecule has 0 saturated carbocycles. The molecule has 0 spiro atoms. The molecule has 0 heterocycles. The summed E-state index contributed by atoms with van der Waals surface area (Å²) in [5, 5.41) is 0. The first kappa shape index (κ1) is 22.7. The van der Waals surface area contributed by atoms with Crippen LogP contribution in [-0.4, -0.2) is 11.6 Å². The third-order valence-electron chi connectivity index (χ3n) is 4.37. The van der Waals surface area contributed by atoms with E-state index in [1.54, 1.807) is 0 Å². The largest absolute Gasteiger partial charge is 0.443 e. The van der Waals surface area contributed by atoms with Gasteiger partial charge in [-0.15, -0.1) is 0 Å². The average molecular weight is 430 g/mol. The lowest BCUT2D eigenvalue weighted by Crippen LogP contribution is -2.26. The number of benzene rings is 3. The predicted molar refractivity (Wildman–Crippen MR) is 128 cm³/mol. The molecule has 0 amide bonds. The van der Waals surface area contributed by atoms with Gasteiger partial charge in [0.15, 0.2) is 20.3 Å². The van der Waals surface area contributed by atoms with E-state index >= 15 is 0 Å². The Labute approximate surface area is 189 Å². The molecule has 158 valence electrons. The summed E-state index contributed by atoms with van der Waals surface area (Å²) in [5.74, 6) is 5.87. The van der Waals surface area contributed by atoms with Gasteiger partial charge in [0.25, 0.3) is 0 Å². The van der Waals surface area contributed by atoms with Gasteiger partial charge in [0.1, 0.15) is 0 Å². The maximum absolute atomic E-state index is 12.7. The summed E-state index contributed by atoms with van der Waals surface area (Å²) in [6.45, 7) is 9.74. The zero-order chi connectivity index (χ0) is 22.5. The highest BCUT2D eigenvalue weighted by atomic mass is 32.2. The van der Waals surface area contributed by atoms with Gasteiger partial charge in [-0.25, -0.2) is 4.79 Å². The summed E-state index contributed by atoms with van der Waals surface area (Å²) < 4.78 is 5.68. The van der Waals surface area contributed by atoms with Crippen molar-refractivity contribution in [1.29, 1.82) is 0 Å². The summed E-state index contributed by atoms with van der Waals surface area (Å²) in [5.41, 5.74) is -0.462. The van der Waals surface area contributed by atoms with Gasteiger partial charge in [0, 0.05) is 5.41 Å². The standard InChI is InChI=1S/C28H29O2S/c1-27(2,3)20-21-28(4,5)30-26(29)22-16-18-25(19-17-22)31(23-12-8-6-9-13-23)24-14-10-7-11-15-24/h6-19H,1-5H3/q+1. The number of hydrogen-bond acceptors (Lipinski definition) is 2. The molecule has 3 heteroatoms. The van der Waals surface area contributed by atoms with Crippen molar-refractivity contribution in [2.75, 3.05) is 0 Å². The molecule has 31 heavy (non-hydrogen) atoms. The van der Waals surface area contributed by atoms with E-state index in [-0.39, 0.29) is 22.3 Å². The van der Waals surface area contributed by atoms with E-state index in [1.807, 2.05) is 71.0 Å². The second kappa shape index (κ2) is 9.45. The number of carbonyl (C=O) groups is 1. The van der Waals surface area contributed by atoms with Crippen LogP contribution < -0.4 is 0 Å². The van der Waals surface area contributed by atoms with Gasteiger partial charge in [-0.3, -0.25) is 0 Å². The lowest BCUT2D eigenvalue weighted by Gasteiger charge is -2.20. The van der Waals surface area contributed by atoms with Crippen LogP contribution in [0.25, 0.3) is 0 Å². The molecule has 0 fully saturated rings. The van der Waals surface area contributed by atoms with Gasteiger partial charge < -0.3 is 4.74 Å². The fourth-order valence-corrected chi connectivity index (χ4v) is 4.99. The zero-order valence-electron chi connectivity index (χ0n) is 18.8. The number of ether oxygens (including phenoxy) is 1. The first-order valence-electron chi connectivity index (χ1n) is 10.4. The Kier molecular flexibility index (Phi) is 6.93. The summed E-state index contributed by atoms with van der Waals surface area (Å²) >= 11 is 0. The van der Waals surface area contributed by atoms with Crippen LogP contribution in [-0.2, 0) is 15.6 Å². The van der Waals surface area contributed by atoms with E-state index in [1.165, 1.54) is 9.79 Å². The van der Waals surface area contributed by atoms with Crippen LogP contribution in [0.4, 0.5) is 0 Å². The van der Waals surface area contributed by atoms with Crippen molar-refractivity contribution in [2.45, 2.75) is 54.9 Å². The fourth-order valence-electron chi connectivity index (χ4n) is 2.90. The molecule has 0 aliphatic carbocycles. The Morgan fingerprint density at radius 3 is 1.58 bits per heavy atom. The van der Waals surface area contributed by atoms with E-state index in [0.29, 0.717) is 5.56 Å². The highest BCUT2D eigenvalue weighted by Gasteiger charge is 2.29. The van der Waals surface area contributed by atoms with Gasteiger partial charge in [-0.1, -0.05) is 48.2 Å². The van der Waals surface area contributed by atoms with Crippen LogP contribution in [0.15, 0.2) is 99.6 Å². The van der Waals surface area contributed by atoms with Crippen molar-refractivity contribution in [3.8, 4) is 11.8 Å². The van der Waals surface area contributed by atoms with Crippen molar-refractivity contribution in [3.63, 3.8) is 0 Å². The molecule has 0 bridgehead atoms. The van der Waals surface area contributed by atoms with Crippen LogP contribution in [0.1, 0.15) is 45.0 Å². The van der Waals surface area contributed by atoms with Crippen molar-refractivity contribution in [1.82, 2.24) is 0 Å². The molecule has 0 aliphatic heterocycles. The highest BCUT2D eigenvalue weighted by molar-refractivity contribution is 7.97. The van der Waals surface area contributed by atoms with E-state index in [9.17, 15) is 4.79 Å². The van der Waals surface area contributed by atoms with E-state index in [2.05, 4.69) is 60.4 Å². The Hall–Kier alpha value is -2.96. The molecule has 0 saturated heterocycles. The molecule has 0 radical (unpaired) electrons. The number of carbonyl (C=O) groups excluding carboxylic acids is 1. The zero-order valence-corrected chi connectivity index (χ0v) is 19.6. The normalized spacial score (nSPS) is 11.5. The Morgan fingerprint density at radius 2 is 1.13 bits per heavy atom. The second-order valence-electron chi connectivity index (χ2n) is 8.86. The quantitative estimate of drug-likeness (QED) is 0.254. The predicted octanol–water partition coefficient (Wildman–Crippen LogP) is 6.77. The average Bonchev–Trinajstić information content (AvgIpc) is 2.74. The van der Waals surface area contributed by atoms with Crippen molar-refractivity contribution in [3.05, 3.63) is 90.5 Å². The molecule has 0 aromatic heterocycles. The van der Waals surface area contributed by atoms with E-state index < -0.39 is 5.60 Å². The van der Waals surface area contributed by atoms with E-state index in [0.717, 1.165) is 4.90 Å². The minimum Gasteiger partial charge on any atom is -0.443 e. The first-order chi connectivity index (χ1) is 14.6. The van der Waals surface area contributed by atoms with Gasteiger partial charge in [-0.2, -0.15) is 0 Å². The summed E-state index contributed by atoms with van der Waals surface area (Å²) in [6, 6.07) is 28.6. The van der Waals surface area contributed by atoms with Crippen molar-refractivity contribution in [2.24, 2.45) is 5.41 Å². The maximum Gasteiger partial charge on any atom is 0.339 e. The number of hydrogen-bond donors (Lipinski definition) is 0. The molecule has 0 aliphatic rings. The SMILES string of the molecule is CC(C)(C)C#CC(C)(C)OC(=O)c1ccc([S+](c2ccccc2)c2ccccc2)cc1.